The van der Waals surface area contributed by atoms with Crippen molar-refractivity contribution in [2.45, 2.75) is 0 Å². The molecule has 0 aliphatic rings. The van der Waals surface area contributed by atoms with E-state index in [-0.39, 0.29) is 16.4 Å². The summed E-state index contributed by atoms with van der Waals surface area (Å²) in [6.45, 7) is 0. The summed E-state index contributed by atoms with van der Waals surface area (Å²) in [4.78, 5) is 15.4. The number of hydrogen-bond donors (Lipinski definition) is 1. The van der Waals surface area contributed by atoms with Gasteiger partial charge < -0.3 is 4.74 Å². The molecule has 0 unspecified atom stereocenters. The lowest BCUT2D eigenvalue weighted by atomic mass is 10.2. The molecule has 1 aromatic rings. The van der Waals surface area contributed by atoms with Crippen LogP contribution in [0.5, 0.6) is 0 Å². The van der Waals surface area contributed by atoms with E-state index in [1.54, 1.807) is 12.4 Å². The third kappa shape index (κ3) is 3.94. The molecule has 0 heterocycles. The molecule has 0 saturated carbocycles. The van der Waals surface area contributed by atoms with Crippen LogP contribution >= 0.6 is 27.7 Å². The van der Waals surface area contributed by atoms with Crippen molar-refractivity contribution in [3.8, 4) is 6.19 Å². The highest BCUT2D eigenvalue weighted by Crippen LogP contribution is 2.27. The summed E-state index contributed by atoms with van der Waals surface area (Å²) in [6, 6.07) is 2.70. The third-order valence-corrected chi connectivity index (χ3v) is 3.04. The van der Waals surface area contributed by atoms with Gasteiger partial charge in [-0.1, -0.05) is 27.7 Å². The van der Waals surface area contributed by atoms with Crippen molar-refractivity contribution in [3.05, 3.63) is 28.0 Å². The average Bonchev–Trinajstić information content (AvgIpc) is 2.40. The summed E-state index contributed by atoms with van der Waals surface area (Å²) < 4.78 is 19.0. The number of halogens is 2. The molecule has 1 rings (SSSR count). The molecule has 0 amide bonds. The molecule has 0 aliphatic carbocycles. The summed E-state index contributed by atoms with van der Waals surface area (Å²) in [5.74, 6) is -1.60. The predicted molar refractivity (Wildman–Crippen MR) is 74.8 cm³/mol. The summed E-state index contributed by atoms with van der Waals surface area (Å²) in [6.07, 6.45) is 3.38. The number of benzene rings is 1. The van der Waals surface area contributed by atoms with Crippen LogP contribution in [-0.4, -0.2) is 24.5 Å². The zero-order chi connectivity index (χ0) is 14.4. The zero-order valence-corrected chi connectivity index (χ0v) is 12.4. The highest BCUT2D eigenvalue weighted by molar-refractivity contribution is 9.10. The van der Waals surface area contributed by atoms with Gasteiger partial charge in [0.2, 0.25) is 0 Å². The van der Waals surface area contributed by atoms with Crippen LogP contribution in [0.4, 0.5) is 10.1 Å². The second-order valence-corrected chi connectivity index (χ2v) is 4.85. The number of thioether (sulfide) groups is 1. The number of carbonyl (C=O) groups excluding carboxylic acids is 1. The van der Waals surface area contributed by atoms with Gasteiger partial charge in [0.25, 0.3) is 0 Å². The number of methoxy groups -OCH3 is 1. The van der Waals surface area contributed by atoms with Crippen LogP contribution in [0, 0.1) is 17.3 Å². The molecule has 19 heavy (non-hydrogen) atoms. The fourth-order valence-electron chi connectivity index (χ4n) is 1.20. The Bertz CT molecular complexity index is 572. The minimum Gasteiger partial charge on any atom is -0.465 e. The van der Waals surface area contributed by atoms with Gasteiger partial charge in [-0.15, -0.1) is 0 Å². The van der Waals surface area contributed by atoms with E-state index in [0.29, 0.717) is 4.47 Å². The SMILES string of the molecule is COC(=O)c1cc(Br)cc(N=C(NC#N)SC)c1F. The monoisotopic (exact) mass is 345 g/mol. The summed E-state index contributed by atoms with van der Waals surface area (Å²) in [5, 5.41) is 11.0. The van der Waals surface area contributed by atoms with Gasteiger partial charge in [0, 0.05) is 4.47 Å². The van der Waals surface area contributed by atoms with Gasteiger partial charge in [-0.05, 0) is 18.4 Å². The van der Waals surface area contributed by atoms with Crippen LogP contribution < -0.4 is 5.32 Å². The molecular formula is C11H9BrFN3O2S. The Morgan fingerprint density at radius 3 is 2.84 bits per heavy atom. The maximum absolute atomic E-state index is 14.1. The Balaban J connectivity index is 3.33. The first-order valence-electron chi connectivity index (χ1n) is 4.88. The number of esters is 1. The summed E-state index contributed by atoms with van der Waals surface area (Å²) >= 11 is 4.30. The van der Waals surface area contributed by atoms with Crippen molar-refractivity contribution >= 4 is 44.5 Å². The number of hydrogen-bond acceptors (Lipinski definition) is 5. The fraction of sp³-hybridized carbons (Fsp3) is 0.182. The van der Waals surface area contributed by atoms with E-state index in [2.05, 4.69) is 31.0 Å². The molecule has 0 saturated heterocycles. The Morgan fingerprint density at radius 2 is 2.32 bits per heavy atom. The number of nitrogens with one attached hydrogen (secondary N) is 1. The maximum atomic E-state index is 14.1. The number of rotatable bonds is 2. The van der Waals surface area contributed by atoms with Gasteiger partial charge >= 0.3 is 5.97 Å². The number of nitriles is 1. The van der Waals surface area contributed by atoms with Crippen LogP contribution in [-0.2, 0) is 4.74 Å². The second-order valence-electron chi connectivity index (χ2n) is 3.14. The molecule has 0 aliphatic heterocycles. The normalized spacial score (nSPS) is 10.8. The molecule has 1 N–H and O–H groups in total. The van der Waals surface area contributed by atoms with Crippen molar-refractivity contribution in [1.29, 1.82) is 5.26 Å². The number of aliphatic imine (C=N–C) groups is 1. The first kappa shape index (κ1) is 15.5. The van der Waals surface area contributed by atoms with Gasteiger partial charge in [-0.2, -0.15) is 5.26 Å². The van der Waals surface area contributed by atoms with E-state index in [1.165, 1.54) is 12.1 Å². The second kappa shape index (κ2) is 7.11. The maximum Gasteiger partial charge on any atom is 0.340 e. The average molecular weight is 346 g/mol. The highest BCUT2D eigenvalue weighted by atomic mass is 79.9. The topological polar surface area (TPSA) is 74.5 Å². The van der Waals surface area contributed by atoms with Crippen molar-refractivity contribution in [3.63, 3.8) is 0 Å². The fourth-order valence-corrected chi connectivity index (χ4v) is 1.98. The number of ether oxygens (including phenoxy) is 1. The smallest absolute Gasteiger partial charge is 0.340 e. The van der Waals surface area contributed by atoms with Crippen molar-refractivity contribution in [2.24, 2.45) is 4.99 Å². The van der Waals surface area contributed by atoms with Gasteiger partial charge in [0.05, 0.1) is 12.7 Å². The van der Waals surface area contributed by atoms with E-state index in [1.807, 2.05) is 0 Å². The van der Waals surface area contributed by atoms with E-state index < -0.39 is 11.8 Å². The lowest BCUT2D eigenvalue weighted by Gasteiger charge is -2.06. The number of amidine groups is 1. The van der Waals surface area contributed by atoms with Gasteiger partial charge in [-0.25, -0.2) is 14.2 Å². The predicted octanol–water partition coefficient (Wildman–Crippen LogP) is 2.80. The molecule has 0 aromatic heterocycles. The Labute approximate surface area is 122 Å². The molecule has 0 fully saturated rings. The quantitative estimate of drug-likeness (QED) is 0.293. The van der Waals surface area contributed by atoms with E-state index in [4.69, 9.17) is 5.26 Å². The summed E-state index contributed by atoms with van der Waals surface area (Å²) in [7, 11) is 1.16. The Morgan fingerprint density at radius 1 is 1.63 bits per heavy atom. The molecule has 8 heteroatoms. The lowest BCUT2D eigenvalue weighted by Crippen LogP contribution is -2.13. The number of nitrogens with zero attached hydrogens (tertiary/aromatic N) is 2. The standard InChI is InChI=1S/C11H9BrFN3O2S/c1-18-10(17)7-3-6(12)4-8(9(7)13)16-11(19-2)15-5-14/h3-4H,1-2H3,(H,15,16). The van der Waals surface area contributed by atoms with Crippen molar-refractivity contribution < 1.29 is 13.9 Å². The van der Waals surface area contributed by atoms with Crippen LogP contribution in [0.15, 0.2) is 21.6 Å². The van der Waals surface area contributed by atoms with Gasteiger partial charge in [0.1, 0.15) is 5.69 Å². The van der Waals surface area contributed by atoms with Gasteiger partial charge in [-0.3, -0.25) is 5.32 Å². The third-order valence-electron chi connectivity index (χ3n) is 2.00. The molecule has 0 atom stereocenters. The summed E-state index contributed by atoms with van der Waals surface area (Å²) in [5.41, 5.74) is -0.296. The minimum atomic E-state index is -0.804. The lowest BCUT2D eigenvalue weighted by molar-refractivity contribution is 0.0595. The van der Waals surface area contributed by atoms with Crippen LogP contribution in [0.3, 0.4) is 0 Å². The highest BCUT2D eigenvalue weighted by Gasteiger charge is 2.17. The minimum absolute atomic E-state index is 0.0677. The van der Waals surface area contributed by atoms with E-state index >= 15 is 0 Å². The van der Waals surface area contributed by atoms with Crippen LogP contribution in [0.1, 0.15) is 10.4 Å². The molecule has 0 bridgehead atoms. The molecule has 5 nitrogen and oxygen atoms in total. The molecule has 0 radical (unpaired) electrons. The number of carbonyl (C=O) groups is 1. The molecule has 100 valence electrons. The first-order chi connectivity index (χ1) is 9.03. The Kier molecular flexibility index (Phi) is 5.79. The zero-order valence-electron chi connectivity index (χ0n) is 10.0. The molecule has 1 aromatic carbocycles. The van der Waals surface area contributed by atoms with Crippen molar-refractivity contribution in [2.75, 3.05) is 13.4 Å². The van der Waals surface area contributed by atoms with E-state index in [0.717, 1.165) is 18.9 Å². The Hall–Kier alpha value is -1.59. The van der Waals surface area contributed by atoms with Crippen LogP contribution in [0.25, 0.3) is 0 Å². The van der Waals surface area contributed by atoms with Gasteiger partial charge in [0.15, 0.2) is 17.2 Å². The molecule has 0 spiro atoms. The largest absolute Gasteiger partial charge is 0.465 e. The first-order valence-corrected chi connectivity index (χ1v) is 6.90. The van der Waals surface area contributed by atoms with E-state index in [9.17, 15) is 9.18 Å². The van der Waals surface area contributed by atoms with Crippen molar-refractivity contribution in [1.82, 2.24) is 5.32 Å². The molecular weight excluding hydrogens is 337 g/mol. The van der Waals surface area contributed by atoms with Crippen LogP contribution in [0.2, 0.25) is 0 Å².